The maximum Gasteiger partial charge on any atom is 0.269 e. The minimum absolute atomic E-state index is 0.0266. The zero-order chi connectivity index (χ0) is 16.7. The Labute approximate surface area is 135 Å². The summed E-state index contributed by atoms with van der Waals surface area (Å²) in [6.45, 7) is 5.42. The summed E-state index contributed by atoms with van der Waals surface area (Å²) >= 11 is 0. The summed E-state index contributed by atoms with van der Waals surface area (Å²) in [6, 6.07) is 6.02. The van der Waals surface area contributed by atoms with Crippen molar-refractivity contribution in [3.05, 3.63) is 51.7 Å². The highest BCUT2D eigenvalue weighted by Crippen LogP contribution is 2.12. The van der Waals surface area contributed by atoms with Crippen LogP contribution in [0.15, 0.2) is 36.0 Å². The van der Waals surface area contributed by atoms with Gasteiger partial charge in [-0.2, -0.15) is 0 Å². The Balaban J connectivity index is 1.76. The van der Waals surface area contributed by atoms with Crippen molar-refractivity contribution < 1.29 is 14.6 Å². The van der Waals surface area contributed by atoms with E-state index >= 15 is 0 Å². The molecule has 0 aliphatic carbocycles. The fraction of sp³-hybridized carbons (Fsp3) is 0.438. The highest BCUT2D eigenvalue weighted by Gasteiger charge is 2.14. The lowest BCUT2D eigenvalue weighted by atomic mass is 10.1. The van der Waals surface area contributed by atoms with Crippen molar-refractivity contribution in [2.45, 2.75) is 26.2 Å². The van der Waals surface area contributed by atoms with E-state index in [-0.39, 0.29) is 18.0 Å². The molecule has 0 fully saturated rings. The van der Waals surface area contributed by atoms with Crippen molar-refractivity contribution >= 4 is 11.6 Å². The van der Waals surface area contributed by atoms with Crippen molar-refractivity contribution in [1.82, 2.24) is 10.9 Å². The molecule has 1 unspecified atom stereocenters. The number of nitrogens with one attached hydrogen (secondary N) is 3. The Morgan fingerprint density at radius 3 is 2.65 bits per heavy atom. The molecule has 1 heterocycles. The number of carbonyl (C=O) groups is 1. The first-order valence-electron chi connectivity index (χ1n) is 7.89. The zero-order valence-corrected chi connectivity index (χ0v) is 13.3. The number of quaternary nitrogens is 1. The van der Waals surface area contributed by atoms with Gasteiger partial charge < -0.3 is 10.3 Å². The average Bonchev–Trinajstić information content (AvgIpc) is 2.55. The number of nitrogens with zero attached hydrogens (tertiary/aromatic N) is 1. The van der Waals surface area contributed by atoms with Gasteiger partial charge in [0, 0.05) is 24.3 Å². The number of nitro benzene ring substituents is 1. The largest absolute Gasteiger partial charge is 0.331 e. The lowest BCUT2D eigenvalue weighted by Crippen LogP contribution is -3.12. The smallest absolute Gasteiger partial charge is 0.269 e. The van der Waals surface area contributed by atoms with E-state index in [9.17, 15) is 14.9 Å². The number of hydrazine groups is 1. The Kier molecular flexibility index (Phi) is 6.10. The SMILES string of the molecule is CCC[NH+]1CC=C(NNC(=O)Cc2ccc([N+](=O)[O-])cc2)CC1. The molecule has 1 aromatic rings. The summed E-state index contributed by atoms with van der Waals surface area (Å²) in [5, 5.41) is 10.6. The third-order valence-corrected chi connectivity index (χ3v) is 3.86. The van der Waals surface area contributed by atoms with E-state index in [0.29, 0.717) is 0 Å². The van der Waals surface area contributed by atoms with Crippen molar-refractivity contribution in [3.8, 4) is 0 Å². The van der Waals surface area contributed by atoms with Gasteiger partial charge in [-0.3, -0.25) is 20.3 Å². The lowest BCUT2D eigenvalue weighted by molar-refractivity contribution is -0.895. The molecule has 3 N–H and O–H groups in total. The number of non-ortho nitro benzene ring substituents is 1. The number of carbonyl (C=O) groups excluding carboxylic acids is 1. The van der Waals surface area contributed by atoms with E-state index in [4.69, 9.17) is 0 Å². The highest BCUT2D eigenvalue weighted by molar-refractivity contribution is 5.78. The molecule has 0 saturated carbocycles. The highest BCUT2D eigenvalue weighted by atomic mass is 16.6. The van der Waals surface area contributed by atoms with E-state index in [1.165, 1.54) is 25.1 Å². The fourth-order valence-electron chi connectivity index (χ4n) is 2.59. The molecule has 1 atom stereocenters. The third-order valence-electron chi connectivity index (χ3n) is 3.86. The van der Waals surface area contributed by atoms with Gasteiger partial charge in [0.15, 0.2) is 0 Å². The molecular weight excluding hydrogens is 296 g/mol. The molecule has 124 valence electrons. The second-order valence-corrected chi connectivity index (χ2v) is 5.71. The van der Waals surface area contributed by atoms with Gasteiger partial charge in [-0.15, -0.1) is 0 Å². The summed E-state index contributed by atoms with van der Waals surface area (Å²) in [7, 11) is 0. The lowest BCUT2D eigenvalue weighted by Gasteiger charge is -2.23. The average molecular weight is 319 g/mol. The summed E-state index contributed by atoms with van der Waals surface area (Å²) in [5.41, 5.74) is 7.47. The van der Waals surface area contributed by atoms with E-state index < -0.39 is 4.92 Å². The zero-order valence-electron chi connectivity index (χ0n) is 13.3. The van der Waals surface area contributed by atoms with E-state index in [1.807, 2.05) is 0 Å². The molecule has 0 spiro atoms. The number of hydrogen-bond acceptors (Lipinski definition) is 4. The number of amides is 1. The standard InChI is InChI=1S/C16H22N4O3/c1-2-9-19-10-7-14(8-11-19)17-18-16(21)12-13-3-5-15(6-4-13)20(22)23/h3-7,17H,2,8-12H2,1H3,(H,18,21)/p+1. The van der Waals surface area contributed by atoms with Crippen LogP contribution in [0.1, 0.15) is 25.3 Å². The minimum atomic E-state index is -0.454. The molecule has 0 saturated heterocycles. The van der Waals surface area contributed by atoms with Crippen LogP contribution in [0.5, 0.6) is 0 Å². The molecule has 0 aromatic heterocycles. The van der Waals surface area contributed by atoms with Crippen LogP contribution in [0.4, 0.5) is 5.69 Å². The summed E-state index contributed by atoms with van der Waals surface area (Å²) in [6.07, 6.45) is 4.41. The predicted molar refractivity (Wildman–Crippen MR) is 86.6 cm³/mol. The van der Waals surface area contributed by atoms with Gasteiger partial charge in [-0.05, 0) is 18.1 Å². The van der Waals surface area contributed by atoms with Gasteiger partial charge in [0.25, 0.3) is 5.69 Å². The molecule has 1 aliphatic rings. The van der Waals surface area contributed by atoms with E-state index in [2.05, 4.69) is 23.9 Å². The normalized spacial score (nSPS) is 17.3. The van der Waals surface area contributed by atoms with Gasteiger partial charge in [-0.25, -0.2) is 0 Å². The molecule has 23 heavy (non-hydrogen) atoms. The molecule has 0 bridgehead atoms. The van der Waals surface area contributed by atoms with Crippen molar-refractivity contribution in [1.29, 1.82) is 0 Å². The second-order valence-electron chi connectivity index (χ2n) is 5.71. The second kappa shape index (κ2) is 8.28. The topological polar surface area (TPSA) is 88.7 Å². The first-order valence-corrected chi connectivity index (χ1v) is 7.89. The molecule has 1 amide bonds. The number of benzene rings is 1. The van der Waals surface area contributed by atoms with Crippen LogP contribution in [0.2, 0.25) is 0 Å². The Morgan fingerprint density at radius 1 is 1.35 bits per heavy atom. The number of rotatable bonds is 7. The van der Waals surface area contributed by atoms with Crippen molar-refractivity contribution in [3.63, 3.8) is 0 Å². The Morgan fingerprint density at radius 2 is 2.09 bits per heavy atom. The minimum Gasteiger partial charge on any atom is -0.331 e. The maximum absolute atomic E-state index is 11.9. The molecule has 7 heteroatoms. The summed E-state index contributed by atoms with van der Waals surface area (Å²) in [5.74, 6) is -0.164. The van der Waals surface area contributed by atoms with Crippen LogP contribution in [-0.2, 0) is 11.2 Å². The molecule has 1 aromatic carbocycles. The van der Waals surface area contributed by atoms with Crippen LogP contribution in [-0.4, -0.2) is 30.5 Å². The van der Waals surface area contributed by atoms with E-state index in [0.717, 1.165) is 30.8 Å². The predicted octanol–water partition coefficient (Wildman–Crippen LogP) is 0.341. The van der Waals surface area contributed by atoms with Crippen molar-refractivity contribution in [2.75, 3.05) is 19.6 Å². The number of nitro groups is 1. The number of hydrogen-bond donors (Lipinski definition) is 3. The quantitative estimate of drug-likeness (QED) is 0.499. The monoisotopic (exact) mass is 319 g/mol. The van der Waals surface area contributed by atoms with Gasteiger partial charge in [-0.1, -0.05) is 19.1 Å². The van der Waals surface area contributed by atoms with Gasteiger partial charge in [0.05, 0.1) is 31.0 Å². The molecule has 0 radical (unpaired) electrons. The summed E-state index contributed by atoms with van der Waals surface area (Å²) in [4.78, 5) is 23.6. The Hall–Kier alpha value is -2.41. The van der Waals surface area contributed by atoms with Crippen LogP contribution >= 0.6 is 0 Å². The molecular formula is C16H23N4O3+. The first-order chi connectivity index (χ1) is 11.1. The molecule has 1 aliphatic heterocycles. The van der Waals surface area contributed by atoms with Crippen molar-refractivity contribution in [2.24, 2.45) is 0 Å². The van der Waals surface area contributed by atoms with E-state index in [1.54, 1.807) is 17.0 Å². The third kappa shape index (κ3) is 5.37. The van der Waals surface area contributed by atoms with Crippen LogP contribution in [0.25, 0.3) is 0 Å². The van der Waals surface area contributed by atoms with Gasteiger partial charge >= 0.3 is 0 Å². The summed E-state index contributed by atoms with van der Waals surface area (Å²) < 4.78 is 0. The fourth-order valence-corrected chi connectivity index (χ4v) is 2.59. The maximum atomic E-state index is 11.9. The molecule has 7 nitrogen and oxygen atoms in total. The van der Waals surface area contributed by atoms with Crippen LogP contribution in [0, 0.1) is 10.1 Å². The van der Waals surface area contributed by atoms with Gasteiger partial charge in [0.1, 0.15) is 0 Å². The molecule has 2 rings (SSSR count). The van der Waals surface area contributed by atoms with Gasteiger partial charge in [0.2, 0.25) is 5.91 Å². The first kappa shape index (κ1) is 17.0. The van der Waals surface area contributed by atoms with Crippen LogP contribution in [0.3, 0.4) is 0 Å². The van der Waals surface area contributed by atoms with Crippen LogP contribution < -0.4 is 15.8 Å². The Bertz CT molecular complexity index is 583.